The molecule has 0 saturated heterocycles. The molecule has 0 heterocycles. The van der Waals surface area contributed by atoms with Gasteiger partial charge in [-0.25, -0.2) is 0 Å². The average molecular weight is 342 g/mol. The van der Waals surface area contributed by atoms with Crippen molar-refractivity contribution in [2.75, 3.05) is 6.61 Å². The van der Waals surface area contributed by atoms with Crippen molar-refractivity contribution in [2.24, 2.45) is 0 Å². The average Bonchev–Trinajstić information content (AvgIpc) is 2.25. The van der Waals surface area contributed by atoms with Gasteiger partial charge in [-0.1, -0.05) is 13.3 Å². The molecule has 21 heavy (non-hydrogen) atoms. The van der Waals surface area contributed by atoms with Crippen LogP contribution < -0.4 is 0 Å². The summed E-state index contributed by atoms with van der Waals surface area (Å²) in [5.74, 6) is -20.8. The molecular formula is C9H9F11O. The van der Waals surface area contributed by atoms with E-state index in [1.807, 2.05) is 0 Å². The number of halogens is 11. The third-order valence-electron chi connectivity index (χ3n) is 2.32. The molecule has 0 rings (SSSR count). The predicted octanol–water partition coefficient (Wildman–Crippen LogP) is 4.86. The smallest absolute Gasteiger partial charge is 0.336 e. The Kier molecular flexibility index (Phi) is 5.54. The van der Waals surface area contributed by atoms with Crippen LogP contribution in [0.25, 0.3) is 0 Å². The summed E-state index contributed by atoms with van der Waals surface area (Å²) in [5.41, 5.74) is 0. The predicted molar refractivity (Wildman–Crippen MR) is 46.7 cm³/mol. The first-order chi connectivity index (χ1) is 9.06. The van der Waals surface area contributed by atoms with Gasteiger partial charge in [-0.15, -0.1) is 0 Å². The summed E-state index contributed by atoms with van der Waals surface area (Å²) in [4.78, 5) is 0. The molecule has 0 aromatic rings. The van der Waals surface area contributed by atoms with Crippen LogP contribution in [-0.4, -0.2) is 36.7 Å². The maximum Gasteiger partial charge on any atom is 0.459 e. The first kappa shape index (κ1) is 20.2. The monoisotopic (exact) mass is 342 g/mol. The fraction of sp³-hybridized carbons (Fsp3) is 1.00. The molecule has 0 bridgehead atoms. The Hall–Kier alpha value is -0.810. The molecule has 0 aliphatic carbocycles. The van der Waals surface area contributed by atoms with Gasteiger partial charge in [0.05, 0.1) is 6.61 Å². The molecule has 0 aliphatic rings. The summed E-state index contributed by atoms with van der Waals surface area (Å²) >= 11 is 0. The molecule has 0 spiro atoms. The van der Waals surface area contributed by atoms with E-state index in [9.17, 15) is 48.3 Å². The molecule has 0 radical (unpaired) electrons. The van der Waals surface area contributed by atoms with Gasteiger partial charge in [0, 0.05) is 0 Å². The Morgan fingerprint density at radius 3 is 1.24 bits per heavy atom. The van der Waals surface area contributed by atoms with Crippen LogP contribution in [0.4, 0.5) is 48.3 Å². The summed E-state index contributed by atoms with van der Waals surface area (Å²) in [6.07, 6.45) is -14.6. The van der Waals surface area contributed by atoms with Gasteiger partial charge < -0.3 is 4.74 Å². The van der Waals surface area contributed by atoms with Gasteiger partial charge in [0.2, 0.25) is 0 Å². The topological polar surface area (TPSA) is 9.23 Å². The molecule has 0 aromatic carbocycles. The Balaban J connectivity index is 5.92. The second kappa shape index (κ2) is 5.76. The number of alkyl halides is 11. The standard InChI is InChI=1S/C9H9F11O/c1-2-3-4-21-7(14,5(10,11)8(15,16)17)6(12,13)9(18,19)20/h2-4H2,1H3. The Morgan fingerprint density at radius 1 is 0.667 bits per heavy atom. The summed E-state index contributed by atoms with van der Waals surface area (Å²) in [5, 5.41) is 0. The summed E-state index contributed by atoms with van der Waals surface area (Å²) in [7, 11) is 0. The largest absolute Gasteiger partial charge is 0.459 e. The van der Waals surface area contributed by atoms with E-state index in [1.165, 1.54) is 6.92 Å². The lowest BCUT2D eigenvalue weighted by molar-refractivity contribution is -0.466. The van der Waals surface area contributed by atoms with Crippen LogP contribution in [0, 0.1) is 0 Å². The van der Waals surface area contributed by atoms with E-state index in [4.69, 9.17) is 0 Å². The molecule has 0 fully saturated rings. The van der Waals surface area contributed by atoms with Crippen LogP contribution in [0.15, 0.2) is 0 Å². The third-order valence-corrected chi connectivity index (χ3v) is 2.32. The zero-order valence-corrected chi connectivity index (χ0v) is 10.2. The van der Waals surface area contributed by atoms with Gasteiger partial charge in [-0.3, -0.25) is 0 Å². The molecule has 0 aliphatic heterocycles. The molecule has 0 N–H and O–H groups in total. The van der Waals surface area contributed by atoms with Gasteiger partial charge >= 0.3 is 30.1 Å². The van der Waals surface area contributed by atoms with Crippen molar-refractivity contribution in [3.63, 3.8) is 0 Å². The van der Waals surface area contributed by atoms with Crippen LogP contribution in [0.2, 0.25) is 0 Å². The third kappa shape index (κ3) is 3.34. The van der Waals surface area contributed by atoms with Crippen LogP contribution in [0.5, 0.6) is 0 Å². The Labute approximate surface area is 111 Å². The van der Waals surface area contributed by atoms with Gasteiger partial charge in [0.15, 0.2) is 0 Å². The van der Waals surface area contributed by atoms with Gasteiger partial charge in [0.1, 0.15) is 0 Å². The quantitative estimate of drug-likeness (QED) is 0.495. The number of ether oxygens (including phenoxy) is 1. The highest BCUT2D eigenvalue weighted by Crippen LogP contribution is 2.57. The molecule has 128 valence electrons. The van der Waals surface area contributed by atoms with Gasteiger partial charge in [-0.2, -0.15) is 48.3 Å². The van der Waals surface area contributed by atoms with Crippen molar-refractivity contribution < 1.29 is 53.0 Å². The minimum absolute atomic E-state index is 0.0364. The second-order valence-corrected chi connectivity index (χ2v) is 3.94. The molecule has 1 nitrogen and oxygen atoms in total. The highest BCUT2D eigenvalue weighted by atomic mass is 19.4. The van der Waals surface area contributed by atoms with Crippen LogP contribution in [0.3, 0.4) is 0 Å². The summed E-state index contributed by atoms with van der Waals surface area (Å²) in [6, 6.07) is 0. The van der Waals surface area contributed by atoms with E-state index in [0.29, 0.717) is 0 Å². The number of rotatable bonds is 6. The fourth-order valence-electron chi connectivity index (χ4n) is 1.10. The lowest BCUT2D eigenvalue weighted by Crippen LogP contribution is -2.69. The van der Waals surface area contributed by atoms with Crippen molar-refractivity contribution in [2.45, 2.75) is 49.8 Å². The number of unbranched alkanes of at least 4 members (excludes halogenated alkanes) is 1. The Morgan fingerprint density at radius 2 is 1.00 bits per heavy atom. The first-order valence-corrected chi connectivity index (χ1v) is 5.28. The first-order valence-electron chi connectivity index (χ1n) is 5.28. The second-order valence-electron chi connectivity index (χ2n) is 3.94. The van der Waals surface area contributed by atoms with Crippen molar-refractivity contribution in [3.05, 3.63) is 0 Å². The molecule has 0 atom stereocenters. The van der Waals surface area contributed by atoms with Gasteiger partial charge in [0.25, 0.3) is 0 Å². The highest BCUT2D eigenvalue weighted by Gasteiger charge is 2.87. The summed E-state index contributed by atoms with van der Waals surface area (Å²) in [6.45, 7) is -0.197. The summed E-state index contributed by atoms with van der Waals surface area (Å²) < 4.78 is 140. The SMILES string of the molecule is CCCCOC(F)(C(F)(F)C(F)(F)F)C(F)(F)C(F)(F)F. The van der Waals surface area contributed by atoms with E-state index in [-0.39, 0.29) is 6.42 Å². The van der Waals surface area contributed by atoms with Crippen molar-refractivity contribution in [1.29, 1.82) is 0 Å². The number of hydrogen-bond acceptors (Lipinski definition) is 1. The lowest BCUT2D eigenvalue weighted by atomic mass is 10.0. The molecule has 0 saturated carbocycles. The molecule has 0 amide bonds. The van der Waals surface area contributed by atoms with E-state index in [1.54, 1.807) is 0 Å². The molecule has 0 unspecified atom stereocenters. The van der Waals surface area contributed by atoms with E-state index < -0.39 is 43.1 Å². The minimum atomic E-state index is -7.08. The van der Waals surface area contributed by atoms with Crippen molar-refractivity contribution in [3.8, 4) is 0 Å². The van der Waals surface area contributed by atoms with Crippen molar-refractivity contribution >= 4 is 0 Å². The molecule has 0 aromatic heterocycles. The van der Waals surface area contributed by atoms with E-state index in [0.717, 1.165) is 0 Å². The normalized spacial score (nSPS) is 15.4. The fourth-order valence-corrected chi connectivity index (χ4v) is 1.10. The van der Waals surface area contributed by atoms with Crippen molar-refractivity contribution in [1.82, 2.24) is 0 Å². The maximum atomic E-state index is 13.5. The Bertz CT molecular complexity index is 317. The lowest BCUT2D eigenvalue weighted by Gasteiger charge is -2.39. The van der Waals surface area contributed by atoms with E-state index in [2.05, 4.69) is 4.74 Å². The zero-order chi connectivity index (χ0) is 17.3. The minimum Gasteiger partial charge on any atom is -0.336 e. The van der Waals surface area contributed by atoms with Crippen LogP contribution >= 0.6 is 0 Å². The van der Waals surface area contributed by atoms with Crippen LogP contribution in [-0.2, 0) is 4.74 Å². The maximum absolute atomic E-state index is 13.5. The zero-order valence-electron chi connectivity index (χ0n) is 10.2. The van der Waals surface area contributed by atoms with Gasteiger partial charge in [-0.05, 0) is 6.42 Å². The van der Waals surface area contributed by atoms with E-state index >= 15 is 0 Å². The number of hydrogen-bond donors (Lipinski definition) is 0. The molecular weight excluding hydrogens is 333 g/mol. The molecule has 12 heteroatoms. The van der Waals surface area contributed by atoms with Crippen LogP contribution in [0.1, 0.15) is 19.8 Å². The highest BCUT2D eigenvalue weighted by molar-refractivity contribution is 5.04.